The maximum atomic E-state index is 15.5. The van der Waals surface area contributed by atoms with Crippen LogP contribution in [0.4, 0.5) is 15.0 Å². The number of amides is 1. The standard InChI is InChI=1S/C28H38BrClFN5O3/c1-17(20-9-8-11-34(20)5)38-25-32-23-18(13-19(30)21(29)22(23)31)24(33-25)35-12-7-6-10-28(14-35)15-36(16-28)26(37)39-27(2,3)4/h13,17,20H,6-12,14-16H2,1-5H3/t17-,20-/m0/s1. The van der Waals surface area contributed by atoms with Gasteiger partial charge in [0.25, 0.3) is 0 Å². The molecule has 1 amide bonds. The van der Waals surface area contributed by atoms with E-state index < -0.39 is 11.4 Å². The van der Waals surface area contributed by atoms with Crippen LogP contribution in [0.15, 0.2) is 10.5 Å². The van der Waals surface area contributed by atoms with Crippen LogP contribution in [-0.2, 0) is 4.74 Å². The van der Waals surface area contributed by atoms with E-state index in [9.17, 15) is 4.79 Å². The summed E-state index contributed by atoms with van der Waals surface area (Å²) >= 11 is 9.68. The van der Waals surface area contributed by atoms with Gasteiger partial charge in [0.05, 0.1) is 9.50 Å². The number of carbonyl (C=O) groups is 1. The number of rotatable bonds is 4. The number of hydrogen-bond donors (Lipinski definition) is 0. The van der Waals surface area contributed by atoms with Crippen molar-refractivity contribution in [2.45, 2.75) is 77.5 Å². The molecule has 0 radical (unpaired) electrons. The number of ether oxygens (including phenoxy) is 2. The maximum absolute atomic E-state index is 15.5. The molecule has 11 heteroatoms. The molecule has 3 aliphatic heterocycles. The molecule has 214 valence electrons. The molecule has 1 aromatic carbocycles. The number of aromatic nitrogens is 2. The average molecular weight is 627 g/mol. The summed E-state index contributed by atoms with van der Waals surface area (Å²) in [5.41, 5.74) is -0.433. The van der Waals surface area contributed by atoms with Crippen molar-refractivity contribution in [1.29, 1.82) is 0 Å². The third-order valence-electron chi connectivity index (χ3n) is 8.11. The molecule has 1 aromatic heterocycles. The number of benzene rings is 1. The van der Waals surface area contributed by atoms with Crippen LogP contribution in [0, 0.1) is 11.2 Å². The van der Waals surface area contributed by atoms with Crippen LogP contribution in [-0.4, -0.2) is 83.4 Å². The third-order valence-corrected chi connectivity index (χ3v) is 9.41. The second-order valence-electron chi connectivity index (χ2n) is 12.4. The molecule has 1 spiro atoms. The molecular weight excluding hydrogens is 589 g/mol. The fourth-order valence-corrected chi connectivity index (χ4v) is 6.72. The molecule has 0 bridgehead atoms. The van der Waals surface area contributed by atoms with Gasteiger partial charge < -0.3 is 19.3 Å². The molecule has 39 heavy (non-hydrogen) atoms. The van der Waals surface area contributed by atoms with Crippen molar-refractivity contribution in [3.63, 3.8) is 0 Å². The lowest BCUT2D eigenvalue weighted by Gasteiger charge is -2.51. The largest absolute Gasteiger partial charge is 0.459 e. The molecule has 2 atom stereocenters. The van der Waals surface area contributed by atoms with Crippen LogP contribution in [0.2, 0.25) is 5.02 Å². The van der Waals surface area contributed by atoms with Gasteiger partial charge in [-0.05, 0) is 89.0 Å². The summed E-state index contributed by atoms with van der Waals surface area (Å²) in [6, 6.07) is 2.15. The molecule has 5 rings (SSSR count). The Bertz CT molecular complexity index is 1250. The normalized spacial score (nSPS) is 22.6. The van der Waals surface area contributed by atoms with Crippen LogP contribution in [0.3, 0.4) is 0 Å². The summed E-state index contributed by atoms with van der Waals surface area (Å²) in [5.74, 6) is 0.0909. The van der Waals surface area contributed by atoms with Gasteiger partial charge in [-0.15, -0.1) is 0 Å². The Balaban J connectivity index is 1.46. The van der Waals surface area contributed by atoms with Crippen LogP contribution in [0.5, 0.6) is 6.01 Å². The first-order chi connectivity index (χ1) is 18.4. The van der Waals surface area contributed by atoms with Gasteiger partial charge in [0.1, 0.15) is 23.0 Å². The maximum Gasteiger partial charge on any atom is 0.410 e. The van der Waals surface area contributed by atoms with Crippen molar-refractivity contribution in [2.75, 3.05) is 44.7 Å². The fourth-order valence-electron chi connectivity index (χ4n) is 6.23. The van der Waals surface area contributed by atoms with Gasteiger partial charge in [0, 0.05) is 43.0 Å². The van der Waals surface area contributed by atoms with E-state index in [1.165, 1.54) is 0 Å². The highest BCUT2D eigenvalue weighted by atomic mass is 79.9. The van der Waals surface area contributed by atoms with Gasteiger partial charge in [-0.25, -0.2) is 9.18 Å². The average Bonchev–Trinajstić information content (AvgIpc) is 3.14. The smallest absolute Gasteiger partial charge is 0.410 e. The van der Waals surface area contributed by atoms with Crippen molar-refractivity contribution < 1.29 is 18.7 Å². The van der Waals surface area contributed by atoms with Crippen LogP contribution >= 0.6 is 27.5 Å². The van der Waals surface area contributed by atoms with Crippen molar-refractivity contribution >= 4 is 50.3 Å². The van der Waals surface area contributed by atoms with E-state index in [-0.39, 0.29) is 44.7 Å². The SMILES string of the molecule is C[C@H](Oc1nc(N2CCCCC3(CN(C(=O)OC(C)(C)C)C3)C2)c2cc(Cl)c(Br)c(F)c2n1)[C@@H]1CCCN1C. The lowest BCUT2D eigenvalue weighted by molar-refractivity contribution is -0.0336. The minimum Gasteiger partial charge on any atom is -0.459 e. The molecular formula is C28H38BrClFN5O3. The monoisotopic (exact) mass is 625 g/mol. The quantitative estimate of drug-likeness (QED) is 0.370. The van der Waals surface area contributed by atoms with Crippen molar-refractivity contribution in [2.24, 2.45) is 5.41 Å². The summed E-state index contributed by atoms with van der Waals surface area (Å²) < 4.78 is 27.6. The molecule has 3 saturated heterocycles. The number of halogens is 3. The third kappa shape index (κ3) is 5.93. The Hall–Kier alpha value is -1.91. The number of fused-ring (bicyclic) bond motifs is 1. The first-order valence-corrected chi connectivity index (χ1v) is 15.0. The number of carbonyl (C=O) groups excluding carboxylic acids is 1. The number of likely N-dealkylation sites (tertiary alicyclic amines) is 2. The molecule has 8 nitrogen and oxygen atoms in total. The highest BCUT2D eigenvalue weighted by Crippen LogP contribution is 2.42. The van der Waals surface area contributed by atoms with Gasteiger partial charge in [-0.1, -0.05) is 18.0 Å². The van der Waals surface area contributed by atoms with Crippen LogP contribution in [0.1, 0.15) is 59.8 Å². The molecule has 0 saturated carbocycles. The van der Waals surface area contributed by atoms with E-state index in [0.717, 1.165) is 45.2 Å². The predicted molar refractivity (Wildman–Crippen MR) is 154 cm³/mol. The summed E-state index contributed by atoms with van der Waals surface area (Å²) in [6.07, 6.45) is 4.73. The summed E-state index contributed by atoms with van der Waals surface area (Å²) in [6.45, 7) is 11.4. The first kappa shape index (κ1) is 28.6. The molecule has 0 N–H and O–H groups in total. The molecule has 3 fully saturated rings. The van der Waals surface area contributed by atoms with Gasteiger partial charge in [-0.3, -0.25) is 4.90 Å². The van der Waals surface area contributed by atoms with E-state index >= 15 is 4.39 Å². The predicted octanol–water partition coefficient (Wildman–Crippen LogP) is 6.27. The van der Waals surface area contributed by atoms with E-state index in [2.05, 4.69) is 37.8 Å². The Morgan fingerprint density at radius 3 is 2.62 bits per heavy atom. The molecule has 4 heterocycles. The van der Waals surface area contributed by atoms with E-state index in [1.807, 2.05) is 27.7 Å². The summed E-state index contributed by atoms with van der Waals surface area (Å²) in [7, 11) is 2.10. The number of hydrogen-bond acceptors (Lipinski definition) is 7. The highest BCUT2D eigenvalue weighted by molar-refractivity contribution is 9.10. The number of nitrogens with zero attached hydrogens (tertiary/aromatic N) is 5. The zero-order chi connectivity index (χ0) is 28.1. The summed E-state index contributed by atoms with van der Waals surface area (Å²) in [4.78, 5) is 28.3. The van der Waals surface area contributed by atoms with Crippen molar-refractivity contribution in [3.05, 3.63) is 21.4 Å². The minimum atomic E-state index is -0.534. The van der Waals surface area contributed by atoms with E-state index in [0.29, 0.717) is 30.8 Å². The van der Waals surface area contributed by atoms with Crippen LogP contribution < -0.4 is 9.64 Å². The van der Waals surface area contributed by atoms with Crippen molar-refractivity contribution in [3.8, 4) is 6.01 Å². The molecule has 0 aliphatic carbocycles. The lowest BCUT2D eigenvalue weighted by Crippen LogP contribution is -2.62. The zero-order valence-electron chi connectivity index (χ0n) is 23.4. The number of anilines is 1. The van der Waals surface area contributed by atoms with E-state index in [1.54, 1.807) is 11.0 Å². The fraction of sp³-hybridized carbons (Fsp3) is 0.679. The Morgan fingerprint density at radius 2 is 1.95 bits per heavy atom. The van der Waals surface area contributed by atoms with Crippen LogP contribution in [0.25, 0.3) is 10.9 Å². The van der Waals surface area contributed by atoms with Gasteiger partial charge in [-0.2, -0.15) is 9.97 Å². The second-order valence-corrected chi connectivity index (χ2v) is 13.6. The zero-order valence-corrected chi connectivity index (χ0v) is 25.7. The highest BCUT2D eigenvalue weighted by Gasteiger charge is 2.48. The van der Waals surface area contributed by atoms with E-state index in [4.69, 9.17) is 26.1 Å². The molecule has 2 aromatic rings. The topological polar surface area (TPSA) is 71.0 Å². The van der Waals surface area contributed by atoms with Gasteiger partial charge in [0.2, 0.25) is 0 Å². The van der Waals surface area contributed by atoms with Crippen molar-refractivity contribution in [1.82, 2.24) is 19.8 Å². The lowest BCUT2D eigenvalue weighted by atomic mass is 9.76. The molecule has 3 aliphatic rings. The Labute approximate surface area is 243 Å². The van der Waals surface area contributed by atoms with Gasteiger partial charge >= 0.3 is 12.1 Å². The first-order valence-electron chi connectivity index (χ1n) is 13.8. The van der Waals surface area contributed by atoms with Gasteiger partial charge in [0.15, 0.2) is 5.82 Å². The Morgan fingerprint density at radius 1 is 1.21 bits per heavy atom. The minimum absolute atomic E-state index is 0.0801. The Kier molecular flexibility index (Phi) is 7.94. The second kappa shape index (κ2) is 10.8. The number of likely N-dealkylation sites (N-methyl/N-ethyl adjacent to an activating group) is 1. The molecule has 0 unspecified atom stereocenters. The summed E-state index contributed by atoms with van der Waals surface area (Å²) in [5, 5.41) is 0.822.